The lowest BCUT2D eigenvalue weighted by Crippen LogP contribution is -2.67. The van der Waals surface area contributed by atoms with Crippen molar-refractivity contribution in [2.45, 2.75) is 32.0 Å². The van der Waals surface area contributed by atoms with Gasteiger partial charge in [-0.25, -0.2) is 22.8 Å². The molecule has 2 N–H and O–H groups in total. The van der Waals surface area contributed by atoms with E-state index in [-0.39, 0.29) is 36.3 Å². The van der Waals surface area contributed by atoms with Crippen molar-refractivity contribution in [3.05, 3.63) is 63.9 Å². The summed E-state index contributed by atoms with van der Waals surface area (Å²) in [6.07, 6.45) is -0.547. The number of fused-ring (bicyclic) bond motifs is 2. The second-order valence-corrected chi connectivity index (χ2v) is 11.1. The van der Waals surface area contributed by atoms with Crippen LogP contribution < -0.4 is 5.32 Å². The topological polar surface area (TPSA) is 82.1 Å². The average Bonchev–Trinajstić information content (AvgIpc) is 2.73. The highest BCUT2D eigenvalue weighted by molar-refractivity contribution is 9.10. The Balaban J connectivity index is 1.61. The molecule has 2 unspecified atom stereocenters. The van der Waals surface area contributed by atoms with E-state index in [1.807, 2.05) is 0 Å². The molecule has 2 aliphatic rings. The van der Waals surface area contributed by atoms with Gasteiger partial charge in [0.2, 0.25) is 0 Å². The lowest BCUT2D eigenvalue weighted by Gasteiger charge is -2.55. The predicted octanol–water partition coefficient (Wildman–Crippen LogP) is 5.08. The van der Waals surface area contributed by atoms with Crippen LogP contribution in [-0.2, 0) is 10.3 Å². The number of benzene rings is 2. The van der Waals surface area contributed by atoms with Crippen molar-refractivity contribution in [3.8, 4) is 0 Å². The molecular weight excluding hydrogens is 543 g/mol. The van der Waals surface area contributed by atoms with E-state index in [2.05, 4.69) is 21.2 Å². The second-order valence-electron chi connectivity index (χ2n) is 10.2. The van der Waals surface area contributed by atoms with Gasteiger partial charge in [0.15, 0.2) is 0 Å². The lowest BCUT2D eigenvalue weighted by molar-refractivity contribution is -0.154. The lowest BCUT2D eigenvalue weighted by atomic mass is 9.66. The second kappa shape index (κ2) is 9.59. The summed E-state index contributed by atoms with van der Waals surface area (Å²) in [6.45, 7) is 5.37. The maximum atomic E-state index is 14.4. The molecule has 2 aliphatic heterocycles. The zero-order valence-corrected chi connectivity index (χ0v) is 21.6. The van der Waals surface area contributed by atoms with E-state index >= 15 is 0 Å². The van der Waals surface area contributed by atoms with Crippen molar-refractivity contribution < 1.29 is 32.6 Å². The fraction of sp³-hybridized carbons (Fsp3) is 0.440. The number of hydrogen-bond donors (Lipinski definition) is 2. The first-order chi connectivity index (χ1) is 16.8. The molecule has 0 aromatic heterocycles. The van der Waals surface area contributed by atoms with Crippen molar-refractivity contribution in [3.63, 3.8) is 0 Å². The molecule has 0 spiro atoms. The molecule has 4 rings (SSSR count). The molecule has 0 saturated carbocycles. The third kappa shape index (κ3) is 5.31. The Morgan fingerprint density at radius 2 is 1.56 bits per heavy atom. The van der Waals surface area contributed by atoms with Gasteiger partial charge in [-0.05, 0) is 66.5 Å². The van der Waals surface area contributed by atoms with Crippen molar-refractivity contribution in [2.75, 3.05) is 31.5 Å². The van der Waals surface area contributed by atoms with Crippen LogP contribution >= 0.6 is 15.9 Å². The Hall–Kier alpha value is -2.79. The Morgan fingerprint density at radius 1 is 1.00 bits per heavy atom. The molecule has 2 heterocycles. The number of nitrogens with zero attached hydrogens (tertiary/aromatic N) is 2. The summed E-state index contributed by atoms with van der Waals surface area (Å²) < 4.78 is 47.3. The Morgan fingerprint density at radius 3 is 2.08 bits per heavy atom. The van der Waals surface area contributed by atoms with Crippen molar-refractivity contribution in [2.24, 2.45) is 11.8 Å². The summed E-state index contributed by atoms with van der Waals surface area (Å²) in [6, 6.07) is 6.45. The molecule has 7 nitrogen and oxygen atoms in total. The number of hydrogen-bond acceptors (Lipinski definition) is 4. The number of halogens is 4. The van der Waals surface area contributed by atoms with E-state index in [0.29, 0.717) is 11.6 Å². The monoisotopic (exact) mass is 569 g/mol. The van der Waals surface area contributed by atoms with Gasteiger partial charge in [-0.3, -0.25) is 0 Å². The third-order valence-electron chi connectivity index (χ3n) is 6.44. The molecule has 3 amide bonds. The number of urea groups is 1. The van der Waals surface area contributed by atoms with Crippen molar-refractivity contribution in [1.82, 2.24) is 9.80 Å². The number of ether oxygens (including phenoxy) is 1. The molecule has 2 atom stereocenters. The summed E-state index contributed by atoms with van der Waals surface area (Å²) in [5.41, 5.74) is -1.95. The Labute approximate surface area is 215 Å². The average molecular weight is 570 g/mol. The standard InChI is InChI=1S/C25H27BrF3N3O4/c1-24(2,3)36-23(34)32-12-15-10-31(22(33)30-19-8-17(27)7-18(28)9-19)11-16(13-32)25(15,35)14-4-5-20(26)21(29)6-14/h4-9,15-16,35H,10-13H2,1-3H3,(H,30,33). The molecular formula is C25H27BrF3N3O4. The van der Waals surface area contributed by atoms with Gasteiger partial charge in [-0.1, -0.05) is 6.07 Å². The van der Waals surface area contributed by atoms with Crippen LogP contribution in [0.25, 0.3) is 0 Å². The van der Waals surface area contributed by atoms with Crippen LogP contribution in [0.3, 0.4) is 0 Å². The van der Waals surface area contributed by atoms with Crippen LogP contribution in [0.2, 0.25) is 0 Å². The highest BCUT2D eigenvalue weighted by Crippen LogP contribution is 2.46. The first kappa shape index (κ1) is 26.3. The fourth-order valence-electron chi connectivity index (χ4n) is 4.91. The van der Waals surface area contributed by atoms with Gasteiger partial charge < -0.3 is 25.0 Å². The zero-order chi connectivity index (χ0) is 26.4. The normalized spacial score (nSPS) is 23.9. The molecule has 0 aliphatic carbocycles. The van der Waals surface area contributed by atoms with Crippen LogP contribution in [-0.4, -0.2) is 58.8 Å². The summed E-state index contributed by atoms with van der Waals surface area (Å²) in [7, 11) is 0. The number of anilines is 1. The zero-order valence-electron chi connectivity index (χ0n) is 20.0. The molecule has 2 fully saturated rings. The highest BCUT2D eigenvalue weighted by Gasteiger charge is 2.55. The minimum atomic E-state index is -1.53. The first-order valence-electron chi connectivity index (χ1n) is 11.4. The molecule has 2 aromatic carbocycles. The number of rotatable bonds is 2. The summed E-state index contributed by atoms with van der Waals surface area (Å²) >= 11 is 3.12. The van der Waals surface area contributed by atoms with Gasteiger partial charge in [0.25, 0.3) is 0 Å². The summed E-state index contributed by atoms with van der Waals surface area (Å²) in [5, 5.41) is 14.4. The largest absolute Gasteiger partial charge is 0.444 e. The maximum absolute atomic E-state index is 14.4. The van der Waals surface area contributed by atoms with Crippen LogP contribution in [0, 0.1) is 29.3 Å². The molecule has 194 valence electrons. The predicted molar refractivity (Wildman–Crippen MR) is 130 cm³/mol. The summed E-state index contributed by atoms with van der Waals surface area (Å²) in [5.74, 6) is -3.58. The highest BCUT2D eigenvalue weighted by atomic mass is 79.9. The minimum Gasteiger partial charge on any atom is -0.444 e. The van der Waals surface area contributed by atoms with Gasteiger partial charge in [-0.15, -0.1) is 0 Å². The Bertz CT molecular complexity index is 1150. The molecule has 2 aromatic rings. The van der Waals surface area contributed by atoms with Crippen molar-refractivity contribution >= 4 is 33.7 Å². The van der Waals surface area contributed by atoms with E-state index in [9.17, 15) is 27.9 Å². The van der Waals surface area contributed by atoms with Crippen molar-refractivity contribution in [1.29, 1.82) is 0 Å². The number of nitrogens with one attached hydrogen (secondary N) is 1. The molecule has 36 heavy (non-hydrogen) atoms. The van der Waals surface area contributed by atoms with E-state index in [4.69, 9.17) is 4.74 Å². The van der Waals surface area contributed by atoms with Crippen LogP contribution in [0.4, 0.5) is 28.4 Å². The van der Waals surface area contributed by atoms with E-state index in [1.54, 1.807) is 26.8 Å². The fourth-order valence-corrected chi connectivity index (χ4v) is 5.15. The van der Waals surface area contributed by atoms with E-state index < -0.39 is 52.6 Å². The molecule has 0 radical (unpaired) electrons. The van der Waals surface area contributed by atoms with Gasteiger partial charge in [0, 0.05) is 49.8 Å². The van der Waals surface area contributed by atoms with Gasteiger partial charge in [0.1, 0.15) is 28.7 Å². The molecule has 2 saturated heterocycles. The Kier molecular flexibility index (Phi) is 7.00. The smallest absolute Gasteiger partial charge is 0.410 e. The van der Waals surface area contributed by atoms with Gasteiger partial charge in [0.05, 0.1) is 4.47 Å². The number of amides is 3. The van der Waals surface area contributed by atoms with E-state index in [1.165, 1.54) is 21.9 Å². The minimum absolute atomic E-state index is 0.00755. The van der Waals surface area contributed by atoms with Crippen LogP contribution in [0.5, 0.6) is 0 Å². The van der Waals surface area contributed by atoms with Crippen LogP contribution in [0.15, 0.2) is 40.9 Å². The summed E-state index contributed by atoms with van der Waals surface area (Å²) in [4.78, 5) is 28.7. The quantitative estimate of drug-likeness (QED) is 0.528. The van der Waals surface area contributed by atoms with Gasteiger partial charge in [-0.2, -0.15) is 0 Å². The van der Waals surface area contributed by atoms with Crippen LogP contribution in [0.1, 0.15) is 26.3 Å². The molecule has 2 bridgehead atoms. The maximum Gasteiger partial charge on any atom is 0.410 e. The number of piperidine rings is 2. The SMILES string of the molecule is CC(C)(C)OC(=O)N1CC2CN(C(=O)Nc3cc(F)cc(F)c3)CC(C1)C2(O)c1ccc(Br)c(F)c1. The number of carbonyl (C=O) groups excluding carboxylic acids is 2. The number of likely N-dealkylation sites (tertiary alicyclic amines) is 2. The first-order valence-corrected chi connectivity index (χ1v) is 12.2. The number of aliphatic hydroxyl groups is 1. The number of carbonyl (C=O) groups is 2. The third-order valence-corrected chi connectivity index (χ3v) is 7.09. The molecule has 11 heteroatoms. The van der Waals surface area contributed by atoms with Gasteiger partial charge >= 0.3 is 12.1 Å². The van der Waals surface area contributed by atoms with E-state index in [0.717, 1.165) is 12.1 Å².